The summed E-state index contributed by atoms with van der Waals surface area (Å²) >= 11 is 1.39. The normalized spacial score (nSPS) is 17.6. The number of likely N-dealkylation sites (N-methyl/N-ethyl adjacent to an activating group) is 1. The van der Waals surface area contributed by atoms with E-state index in [9.17, 15) is 13.2 Å². The molecule has 0 amide bonds. The summed E-state index contributed by atoms with van der Waals surface area (Å²) in [5, 5.41) is 2.91. The van der Waals surface area contributed by atoms with Crippen molar-refractivity contribution in [2.75, 3.05) is 37.6 Å². The monoisotopic (exact) mass is 314 g/mol. The zero-order chi connectivity index (χ0) is 15.0. The van der Waals surface area contributed by atoms with Crippen LogP contribution in [0.3, 0.4) is 0 Å². The third kappa shape index (κ3) is 2.87. The quantitative estimate of drug-likeness (QED) is 0.825. The molecule has 1 aliphatic heterocycles. The topological polar surface area (TPSA) is 6.48 Å². The summed E-state index contributed by atoms with van der Waals surface area (Å²) in [4.78, 5) is 4.66. The molecule has 1 fully saturated rings. The van der Waals surface area contributed by atoms with E-state index in [1.165, 1.54) is 23.5 Å². The van der Waals surface area contributed by atoms with Crippen molar-refractivity contribution in [3.05, 3.63) is 29.1 Å². The first kappa shape index (κ1) is 14.7. The van der Waals surface area contributed by atoms with Crippen LogP contribution in [-0.4, -0.2) is 37.6 Å². The van der Waals surface area contributed by atoms with Gasteiger partial charge in [-0.25, -0.2) is 0 Å². The number of hydrogen-bond acceptors (Lipinski definition) is 3. The fraction of sp³-hybridized carbons (Fsp3) is 0.467. The molecule has 2 aromatic rings. The van der Waals surface area contributed by atoms with Gasteiger partial charge in [0.15, 0.2) is 0 Å². The number of alkyl halides is 3. The van der Waals surface area contributed by atoms with E-state index in [1.54, 1.807) is 6.07 Å². The number of nitrogens with zero attached hydrogens (tertiary/aromatic N) is 2. The first-order valence-electron chi connectivity index (χ1n) is 7.05. The lowest BCUT2D eigenvalue weighted by molar-refractivity contribution is -0.137. The van der Waals surface area contributed by atoms with E-state index in [0.717, 1.165) is 43.8 Å². The molecule has 0 atom stereocenters. The third-order valence-corrected chi connectivity index (χ3v) is 4.98. The molecule has 0 unspecified atom stereocenters. The third-order valence-electron chi connectivity index (χ3n) is 4.04. The van der Waals surface area contributed by atoms with Gasteiger partial charge in [-0.15, -0.1) is 11.3 Å². The second-order valence-electron chi connectivity index (χ2n) is 5.25. The minimum absolute atomic E-state index is 0.570. The minimum atomic E-state index is -4.27. The molecule has 0 bridgehead atoms. The molecule has 6 heteroatoms. The average molecular weight is 314 g/mol. The minimum Gasteiger partial charge on any atom is -0.368 e. The molecular weight excluding hydrogens is 297 g/mol. The van der Waals surface area contributed by atoms with Crippen molar-refractivity contribution in [2.45, 2.75) is 13.1 Å². The summed E-state index contributed by atoms with van der Waals surface area (Å²) in [6.45, 7) is 7.08. The Morgan fingerprint density at radius 1 is 1.14 bits per heavy atom. The van der Waals surface area contributed by atoms with Crippen molar-refractivity contribution < 1.29 is 13.2 Å². The Morgan fingerprint density at radius 3 is 2.48 bits per heavy atom. The average Bonchev–Trinajstić information content (AvgIpc) is 2.89. The van der Waals surface area contributed by atoms with Gasteiger partial charge in [-0.3, -0.25) is 0 Å². The van der Waals surface area contributed by atoms with E-state index >= 15 is 0 Å². The van der Waals surface area contributed by atoms with Gasteiger partial charge < -0.3 is 9.80 Å². The van der Waals surface area contributed by atoms with Crippen LogP contribution in [0.2, 0.25) is 0 Å². The Labute approximate surface area is 125 Å². The summed E-state index contributed by atoms with van der Waals surface area (Å²) in [6, 6.07) is 4.04. The summed E-state index contributed by atoms with van der Waals surface area (Å²) in [5.41, 5.74) is 0.499. The van der Waals surface area contributed by atoms with Crippen LogP contribution < -0.4 is 4.90 Å². The van der Waals surface area contributed by atoms with Gasteiger partial charge in [-0.05, 0) is 18.7 Å². The number of piperazine rings is 1. The molecule has 0 radical (unpaired) electrons. The number of rotatable bonds is 2. The van der Waals surface area contributed by atoms with Crippen LogP contribution in [0.5, 0.6) is 0 Å². The lowest BCUT2D eigenvalue weighted by Gasteiger charge is -2.35. The smallest absolute Gasteiger partial charge is 0.368 e. The molecule has 1 aromatic heterocycles. The van der Waals surface area contributed by atoms with Crippen LogP contribution in [0.15, 0.2) is 23.6 Å². The highest BCUT2D eigenvalue weighted by Crippen LogP contribution is 2.38. The zero-order valence-electron chi connectivity index (χ0n) is 11.8. The number of thiophene rings is 1. The summed E-state index contributed by atoms with van der Waals surface area (Å²) in [5.74, 6) is 0. The molecule has 1 aliphatic rings. The number of anilines is 1. The Balaban J connectivity index is 1.88. The molecule has 2 nitrogen and oxygen atoms in total. The molecule has 0 saturated carbocycles. The Bertz CT molecular complexity index is 627. The van der Waals surface area contributed by atoms with E-state index < -0.39 is 11.7 Å². The van der Waals surface area contributed by atoms with Gasteiger partial charge in [-0.2, -0.15) is 13.2 Å². The fourth-order valence-corrected chi connectivity index (χ4v) is 3.75. The molecule has 114 valence electrons. The van der Waals surface area contributed by atoms with Gasteiger partial charge in [0.1, 0.15) is 0 Å². The second-order valence-corrected chi connectivity index (χ2v) is 6.16. The molecule has 0 N–H and O–H groups in total. The second kappa shape index (κ2) is 5.50. The Hall–Kier alpha value is -1.27. The molecule has 0 aliphatic carbocycles. The van der Waals surface area contributed by atoms with Crippen molar-refractivity contribution in [3.63, 3.8) is 0 Å². The van der Waals surface area contributed by atoms with E-state index in [4.69, 9.17) is 0 Å². The van der Waals surface area contributed by atoms with Crippen LogP contribution in [0.1, 0.15) is 12.5 Å². The maximum absolute atomic E-state index is 12.7. The lowest BCUT2D eigenvalue weighted by Crippen LogP contribution is -2.46. The van der Waals surface area contributed by atoms with Crippen molar-refractivity contribution in [1.82, 2.24) is 4.90 Å². The van der Waals surface area contributed by atoms with E-state index in [-0.39, 0.29) is 0 Å². The molecule has 2 heterocycles. The fourth-order valence-electron chi connectivity index (χ4n) is 2.74. The van der Waals surface area contributed by atoms with Gasteiger partial charge in [0.25, 0.3) is 0 Å². The van der Waals surface area contributed by atoms with Crippen LogP contribution in [0.4, 0.5) is 18.9 Å². The molecule has 0 spiro atoms. The van der Waals surface area contributed by atoms with Crippen LogP contribution in [0.25, 0.3) is 10.1 Å². The predicted molar refractivity (Wildman–Crippen MR) is 81.2 cm³/mol. The van der Waals surface area contributed by atoms with Crippen LogP contribution in [-0.2, 0) is 6.18 Å². The zero-order valence-corrected chi connectivity index (χ0v) is 12.6. The molecule has 1 aromatic carbocycles. The van der Waals surface area contributed by atoms with Gasteiger partial charge in [-0.1, -0.05) is 13.0 Å². The van der Waals surface area contributed by atoms with Crippen molar-refractivity contribution >= 4 is 27.1 Å². The summed E-state index contributed by atoms with van der Waals surface area (Å²) in [6.07, 6.45) is -4.27. The van der Waals surface area contributed by atoms with Crippen molar-refractivity contribution in [3.8, 4) is 0 Å². The van der Waals surface area contributed by atoms with Gasteiger partial charge in [0.05, 0.1) is 11.3 Å². The maximum atomic E-state index is 12.7. The molecule has 1 saturated heterocycles. The first-order chi connectivity index (χ1) is 9.99. The van der Waals surface area contributed by atoms with Crippen molar-refractivity contribution in [2.24, 2.45) is 0 Å². The lowest BCUT2D eigenvalue weighted by atomic mass is 10.1. The highest BCUT2D eigenvalue weighted by atomic mass is 32.1. The van der Waals surface area contributed by atoms with Crippen LogP contribution in [0, 0.1) is 0 Å². The van der Waals surface area contributed by atoms with E-state index in [1.807, 2.05) is 5.38 Å². The van der Waals surface area contributed by atoms with Crippen molar-refractivity contribution in [1.29, 1.82) is 0 Å². The number of benzene rings is 1. The van der Waals surface area contributed by atoms with Crippen LogP contribution >= 0.6 is 11.3 Å². The van der Waals surface area contributed by atoms with Gasteiger partial charge in [0, 0.05) is 41.6 Å². The van der Waals surface area contributed by atoms with Gasteiger partial charge in [0.2, 0.25) is 0 Å². The molecule has 21 heavy (non-hydrogen) atoms. The molecule has 3 rings (SSSR count). The SMILES string of the molecule is CCN1CCN(c2csc3cc(C(F)(F)F)ccc23)CC1. The highest BCUT2D eigenvalue weighted by Gasteiger charge is 2.31. The summed E-state index contributed by atoms with van der Waals surface area (Å²) < 4.78 is 39.0. The maximum Gasteiger partial charge on any atom is 0.416 e. The number of hydrogen-bond donors (Lipinski definition) is 0. The highest BCUT2D eigenvalue weighted by molar-refractivity contribution is 7.17. The van der Waals surface area contributed by atoms with Gasteiger partial charge >= 0.3 is 6.18 Å². The summed E-state index contributed by atoms with van der Waals surface area (Å²) in [7, 11) is 0. The number of fused-ring (bicyclic) bond motifs is 1. The number of halogens is 3. The molecular formula is C15H17F3N2S. The predicted octanol–water partition coefficient (Wildman–Crippen LogP) is 4.06. The van der Waals surface area contributed by atoms with E-state index in [0.29, 0.717) is 4.70 Å². The largest absolute Gasteiger partial charge is 0.416 e. The van der Waals surface area contributed by atoms with E-state index in [2.05, 4.69) is 16.7 Å². The Morgan fingerprint density at radius 2 is 1.86 bits per heavy atom. The Kier molecular flexibility index (Phi) is 3.84. The standard InChI is InChI=1S/C15H17F3N2S/c1-2-19-5-7-20(8-6-19)13-10-21-14-9-11(15(16,17)18)3-4-12(13)14/h3-4,9-10H,2,5-8H2,1H3. The first-order valence-corrected chi connectivity index (χ1v) is 7.92.